The van der Waals surface area contributed by atoms with Crippen LogP contribution in [0.5, 0.6) is 0 Å². The molecule has 1 fully saturated rings. The van der Waals surface area contributed by atoms with Crippen molar-refractivity contribution in [2.24, 2.45) is 5.92 Å². The third kappa shape index (κ3) is 3.68. The van der Waals surface area contributed by atoms with Gasteiger partial charge in [-0.25, -0.2) is 4.39 Å². The van der Waals surface area contributed by atoms with Gasteiger partial charge in [0.1, 0.15) is 11.4 Å². The highest BCUT2D eigenvalue weighted by atomic mass is 19.1. The molecule has 2 aliphatic rings. The van der Waals surface area contributed by atoms with E-state index >= 15 is 0 Å². The van der Waals surface area contributed by atoms with Crippen molar-refractivity contribution in [1.29, 1.82) is 0 Å². The first-order valence-corrected chi connectivity index (χ1v) is 12.1. The third-order valence-corrected chi connectivity index (χ3v) is 8.00. The van der Waals surface area contributed by atoms with Crippen molar-refractivity contribution in [3.63, 3.8) is 0 Å². The smallest absolute Gasteiger partial charge is 0.123 e. The Kier molecular flexibility index (Phi) is 5.63. The molecule has 2 heterocycles. The Labute approximate surface area is 191 Å². The second-order valence-corrected chi connectivity index (χ2v) is 10.3. The minimum Gasteiger partial charge on any atom is -0.365 e. The summed E-state index contributed by atoms with van der Waals surface area (Å²) in [6.45, 7) is 4.53. The molecule has 0 bridgehead atoms. The number of likely N-dealkylation sites (N-methyl/N-ethyl adjacent to an activating group) is 1. The summed E-state index contributed by atoms with van der Waals surface area (Å²) in [6, 6.07) is 16.5. The monoisotopic (exact) mass is 434 g/mol. The summed E-state index contributed by atoms with van der Waals surface area (Å²) >= 11 is 0. The van der Waals surface area contributed by atoms with E-state index in [0.717, 1.165) is 43.0 Å². The largest absolute Gasteiger partial charge is 0.365 e. The zero-order valence-electron chi connectivity index (χ0n) is 19.7. The number of rotatable bonds is 4. The lowest BCUT2D eigenvalue weighted by molar-refractivity contribution is -0.135. The van der Waals surface area contributed by atoms with Crippen LogP contribution in [0.1, 0.15) is 62.3 Å². The molecule has 1 N–H and O–H groups in total. The predicted octanol–water partition coefficient (Wildman–Crippen LogP) is 6.39. The number of halogens is 1. The molecule has 1 spiro atoms. The molecule has 4 heteroatoms. The summed E-state index contributed by atoms with van der Waals surface area (Å²) in [5.41, 5.74) is 4.63. The van der Waals surface area contributed by atoms with Gasteiger partial charge in [-0.05, 0) is 87.9 Å². The van der Waals surface area contributed by atoms with Crippen molar-refractivity contribution in [2.75, 3.05) is 14.1 Å². The molecule has 0 saturated heterocycles. The van der Waals surface area contributed by atoms with Gasteiger partial charge >= 0.3 is 0 Å². The van der Waals surface area contributed by atoms with Gasteiger partial charge < -0.3 is 14.6 Å². The van der Waals surface area contributed by atoms with Crippen molar-refractivity contribution < 1.29 is 9.13 Å². The second kappa shape index (κ2) is 8.31. The summed E-state index contributed by atoms with van der Waals surface area (Å²) in [4.78, 5) is 6.06. The van der Waals surface area contributed by atoms with E-state index in [2.05, 4.69) is 68.2 Å². The van der Waals surface area contributed by atoms with Gasteiger partial charge in [0.2, 0.25) is 0 Å². The molecule has 0 amide bonds. The predicted molar refractivity (Wildman–Crippen MR) is 128 cm³/mol. The fourth-order valence-electron chi connectivity index (χ4n) is 6.64. The maximum atomic E-state index is 14.0. The molecular weight excluding hydrogens is 399 g/mol. The SMILES string of the molecule is CC1Cc2c([nH]c3ccc(F)cc23)C2(CCC(C(C(C)c3ccccc3)N(C)C)CC2)O1. The lowest BCUT2D eigenvalue weighted by atomic mass is 9.69. The zero-order chi connectivity index (χ0) is 22.5. The number of nitrogens with one attached hydrogen (secondary N) is 1. The van der Waals surface area contributed by atoms with E-state index < -0.39 is 0 Å². The Morgan fingerprint density at radius 3 is 2.50 bits per heavy atom. The molecule has 32 heavy (non-hydrogen) atoms. The first kappa shape index (κ1) is 21.7. The van der Waals surface area contributed by atoms with Gasteiger partial charge in [0.05, 0.1) is 11.8 Å². The average Bonchev–Trinajstić information content (AvgIpc) is 3.14. The highest BCUT2D eigenvalue weighted by molar-refractivity contribution is 5.85. The molecule has 1 aliphatic carbocycles. The second-order valence-electron chi connectivity index (χ2n) is 10.3. The summed E-state index contributed by atoms with van der Waals surface area (Å²) in [5.74, 6) is 0.930. The summed E-state index contributed by atoms with van der Waals surface area (Å²) < 4.78 is 20.7. The van der Waals surface area contributed by atoms with Crippen LogP contribution in [0.25, 0.3) is 10.9 Å². The average molecular weight is 435 g/mol. The summed E-state index contributed by atoms with van der Waals surface area (Å²) in [7, 11) is 4.44. The molecule has 3 unspecified atom stereocenters. The highest BCUT2D eigenvalue weighted by Crippen LogP contribution is 2.50. The Bertz CT molecular complexity index is 1080. The van der Waals surface area contributed by atoms with E-state index in [9.17, 15) is 4.39 Å². The minimum atomic E-state index is -0.272. The standard InChI is InChI=1S/C28H35FN2O/c1-18-16-24-23-17-22(29)10-11-25(23)30-27(24)28(32-18)14-12-21(13-15-28)26(31(3)4)19(2)20-8-6-5-7-9-20/h5-11,17-19,21,26,30H,12-16H2,1-4H3. The van der Waals surface area contributed by atoms with E-state index in [4.69, 9.17) is 4.74 Å². The summed E-state index contributed by atoms with van der Waals surface area (Å²) in [5, 5.41) is 1.03. The molecular formula is C28H35FN2O. The number of aromatic nitrogens is 1. The number of ether oxygens (including phenoxy) is 1. The molecule has 1 aromatic heterocycles. The van der Waals surface area contributed by atoms with E-state index in [1.807, 2.05) is 6.07 Å². The highest BCUT2D eigenvalue weighted by Gasteiger charge is 2.46. The van der Waals surface area contributed by atoms with Gasteiger partial charge in [0, 0.05) is 23.4 Å². The normalized spacial score (nSPS) is 27.6. The van der Waals surface area contributed by atoms with Crippen LogP contribution in [0.4, 0.5) is 4.39 Å². The number of hydrogen-bond donors (Lipinski definition) is 1. The number of H-pyrrole nitrogens is 1. The number of benzene rings is 2. The van der Waals surface area contributed by atoms with Crippen LogP contribution in [-0.2, 0) is 16.8 Å². The van der Waals surface area contributed by atoms with E-state index in [1.165, 1.54) is 16.8 Å². The zero-order valence-corrected chi connectivity index (χ0v) is 19.7. The fourth-order valence-corrected chi connectivity index (χ4v) is 6.64. The summed E-state index contributed by atoms with van der Waals surface area (Å²) in [6.07, 6.45) is 5.28. The van der Waals surface area contributed by atoms with Crippen LogP contribution in [0.3, 0.4) is 0 Å². The molecule has 3 aromatic rings. The Balaban J connectivity index is 1.43. The van der Waals surface area contributed by atoms with Crippen molar-refractivity contribution in [3.05, 3.63) is 71.2 Å². The van der Waals surface area contributed by atoms with Gasteiger partial charge in [0.25, 0.3) is 0 Å². The van der Waals surface area contributed by atoms with Crippen LogP contribution in [0.15, 0.2) is 48.5 Å². The number of aromatic amines is 1. The molecule has 1 saturated carbocycles. The number of fused-ring (bicyclic) bond motifs is 4. The number of hydrogen-bond acceptors (Lipinski definition) is 2. The van der Waals surface area contributed by atoms with Crippen LogP contribution >= 0.6 is 0 Å². The van der Waals surface area contributed by atoms with E-state index in [1.54, 1.807) is 12.1 Å². The maximum Gasteiger partial charge on any atom is 0.123 e. The maximum absolute atomic E-state index is 14.0. The Morgan fingerprint density at radius 2 is 1.81 bits per heavy atom. The molecule has 0 radical (unpaired) electrons. The topological polar surface area (TPSA) is 28.3 Å². The van der Waals surface area contributed by atoms with Crippen LogP contribution in [-0.4, -0.2) is 36.1 Å². The third-order valence-electron chi connectivity index (χ3n) is 8.00. The van der Waals surface area contributed by atoms with Crippen molar-refractivity contribution in [1.82, 2.24) is 9.88 Å². The first-order chi connectivity index (χ1) is 15.4. The Hall–Kier alpha value is -2.17. The molecule has 2 aromatic carbocycles. The molecule has 170 valence electrons. The van der Waals surface area contributed by atoms with Gasteiger partial charge in [-0.2, -0.15) is 0 Å². The van der Waals surface area contributed by atoms with Crippen LogP contribution in [0.2, 0.25) is 0 Å². The fraction of sp³-hybridized carbons (Fsp3) is 0.500. The molecule has 5 rings (SSSR count). The van der Waals surface area contributed by atoms with E-state index in [0.29, 0.717) is 17.9 Å². The van der Waals surface area contributed by atoms with Crippen molar-refractivity contribution in [3.8, 4) is 0 Å². The molecule has 3 nitrogen and oxygen atoms in total. The van der Waals surface area contributed by atoms with Crippen molar-refractivity contribution >= 4 is 10.9 Å². The number of nitrogens with zero attached hydrogens (tertiary/aromatic N) is 1. The van der Waals surface area contributed by atoms with Gasteiger partial charge in [0.15, 0.2) is 0 Å². The first-order valence-electron chi connectivity index (χ1n) is 12.1. The van der Waals surface area contributed by atoms with Gasteiger partial charge in [-0.3, -0.25) is 0 Å². The molecule has 3 atom stereocenters. The van der Waals surface area contributed by atoms with Gasteiger partial charge in [-0.1, -0.05) is 37.3 Å². The van der Waals surface area contributed by atoms with E-state index in [-0.39, 0.29) is 17.5 Å². The van der Waals surface area contributed by atoms with Gasteiger partial charge in [-0.15, -0.1) is 0 Å². The minimum absolute atomic E-state index is 0.147. The van der Waals surface area contributed by atoms with Crippen LogP contribution in [0, 0.1) is 11.7 Å². The molecule has 1 aliphatic heterocycles. The Morgan fingerprint density at radius 1 is 1.09 bits per heavy atom. The lowest BCUT2D eigenvalue weighted by Gasteiger charge is -2.48. The lowest BCUT2D eigenvalue weighted by Crippen LogP contribution is -2.47. The quantitative estimate of drug-likeness (QED) is 0.515. The van der Waals surface area contributed by atoms with Crippen LogP contribution < -0.4 is 0 Å². The van der Waals surface area contributed by atoms with Crippen molar-refractivity contribution in [2.45, 2.75) is 69.6 Å².